The van der Waals surface area contributed by atoms with Crippen LogP contribution in [0, 0.1) is 6.92 Å². The second-order valence-electron chi connectivity index (χ2n) is 5.85. The van der Waals surface area contributed by atoms with Gasteiger partial charge in [-0.15, -0.1) is 0 Å². The largest absolute Gasteiger partial charge is 0.348 e. The molecule has 0 amide bonds. The number of aromatic nitrogens is 2. The smallest absolute Gasteiger partial charge is 0.0925 e. The van der Waals surface area contributed by atoms with E-state index < -0.39 is 0 Å². The van der Waals surface area contributed by atoms with Gasteiger partial charge in [0.05, 0.1) is 12.0 Å². The van der Waals surface area contributed by atoms with Crippen LogP contribution in [0.5, 0.6) is 0 Å². The monoisotopic (exact) mass is 250 g/mol. The molecule has 0 saturated carbocycles. The lowest BCUT2D eigenvalue weighted by atomic mass is 9.76. The molecule has 2 heteroatoms. The first-order valence-electron chi connectivity index (χ1n) is 7.64. The first-order valence-corrected chi connectivity index (χ1v) is 7.64. The van der Waals surface area contributed by atoms with Crippen LogP contribution < -0.4 is 0 Å². The highest BCUT2D eigenvalue weighted by Crippen LogP contribution is 2.35. The molecule has 18 heavy (non-hydrogen) atoms. The van der Waals surface area contributed by atoms with Gasteiger partial charge in [0.15, 0.2) is 0 Å². The molecule has 104 valence electrons. The van der Waals surface area contributed by atoms with Crippen molar-refractivity contribution in [1.29, 1.82) is 0 Å². The standard InChI is InChI=1S/C16H30N2/c1-5-7-9-10-12-16(4,11-8-6-2)15-14(3)17-13-18-15/h13H,5-12H2,1-4H3,(H,17,18). The minimum atomic E-state index is 0.272. The predicted octanol–water partition coefficient (Wildman–Crippen LogP) is 5.14. The van der Waals surface area contributed by atoms with Crippen LogP contribution in [0.1, 0.15) is 83.5 Å². The highest BCUT2D eigenvalue weighted by atomic mass is 14.9. The molecule has 0 saturated heterocycles. The Morgan fingerprint density at radius 1 is 1.06 bits per heavy atom. The van der Waals surface area contributed by atoms with Gasteiger partial charge >= 0.3 is 0 Å². The summed E-state index contributed by atoms with van der Waals surface area (Å²) in [5.41, 5.74) is 2.82. The van der Waals surface area contributed by atoms with Gasteiger partial charge in [-0.25, -0.2) is 4.98 Å². The molecule has 0 aliphatic carbocycles. The average Bonchev–Trinajstić information content (AvgIpc) is 2.79. The molecule has 0 bridgehead atoms. The Morgan fingerprint density at radius 2 is 1.72 bits per heavy atom. The zero-order chi connectivity index (χ0) is 13.4. The van der Waals surface area contributed by atoms with Crippen molar-refractivity contribution in [3.05, 3.63) is 17.7 Å². The van der Waals surface area contributed by atoms with Crippen molar-refractivity contribution in [2.24, 2.45) is 0 Å². The molecule has 1 unspecified atom stereocenters. The van der Waals surface area contributed by atoms with Crippen LogP contribution in [0.15, 0.2) is 6.33 Å². The summed E-state index contributed by atoms with van der Waals surface area (Å²) < 4.78 is 0. The predicted molar refractivity (Wildman–Crippen MR) is 79.0 cm³/mol. The number of hydrogen-bond donors (Lipinski definition) is 1. The van der Waals surface area contributed by atoms with Crippen molar-refractivity contribution in [2.45, 2.75) is 84.5 Å². The molecule has 0 aromatic carbocycles. The summed E-state index contributed by atoms with van der Waals surface area (Å²) in [5.74, 6) is 0. The zero-order valence-corrected chi connectivity index (χ0v) is 12.7. The van der Waals surface area contributed by atoms with Crippen LogP contribution in [0.3, 0.4) is 0 Å². The fourth-order valence-corrected chi connectivity index (χ4v) is 2.84. The molecule has 0 aliphatic heterocycles. The molecule has 0 spiro atoms. The lowest BCUT2D eigenvalue weighted by Gasteiger charge is -2.29. The molecule has 0 fully saturated rings. The Bertz CT molecular complexity index is 330. The van der Waals surface area contributed by atoms with Crippen LogP contribution in [0.25, 0.3) is 0 Å². The summed E-state index contributed by atoms with van der Waals surface area (Å²) in [7, 11) is 0. The van der Waals surface area contributed by atoms with Gasteiger partial charge in [0.1, 0.15) is 0 Å². The molecular formula is C16H30N2. The third-order valence-electron chi connectivity index (χ3n) is 4.07. The third kappa shape index (κ3) is 4.15. The molecule has 0 radical (unpaired) electrons. The molecule has 1 aromatic rings. The van der Waals surface area contributed by atoms with E-state index in [-0.39, 0.29) is 5.41 Å². The fraction of sp³-hybridized carbons (Fsp3) is 0.812. The summed E-state index contributed by atoms with van der Waals surface area (Å²) in [6.45, 7) is 9.10. The van der Waals surface area contributed by atoms with Gasteiger partial charge in [0.2, 0.25) is 0 Å². The van der Waals surface area contributed by atoms with Crippen LogP contribution in [0.2, 0.25) is 0 Å². The van der Waals surface area contributed by atoms with Crippen molar-refractivity contribution in [3.8, 4) is 0 Å². The first kappa shape index (κ1) is 15.3. The summed E-state index contributed by atoms with van der Waals surface area (Å²) in [6, 6.07) is 0. The summed E-state index contributed by atoms with van der Waals surface area (Å²) >= 11 is 0. The van der Waals surface area contributed by atoms with E-state index in [9.17, 15) is 0 Å². The van der Waals surface area contributed by atoms with Gasteiger partial charge in [-0.3, -0.25) is 0 Å². The lowest BCUT2D eigenvalue weighted by molar-refractivity contribution is 0.359. The second-order valence-corrected chi connectivity index (χ2v) is 5.85. The van der Waals surface area contributed by atoms with Crippen molar-refractivity contribution in [3.63, 3.8) is 0 Å². The van der Waals surface area contributed by atoms with Crippen molar-refractivity contribution < 1.29 is 0 Å². The molecular weight excluding hydrogens is 220 g/mol. The lowest BCUT2D eigenvalue weighted by Crippen LogP contribution is -2.23. The summed E-state index contributed by atoms with van der Waals surface area (Å²) in [4.78, 5) is 7.83. The van der Waals surface area contributed by atoms with E-state index in [1.54, 1.807) is 0 Å². The zero-order valence-electron chi connectivity index (χ0n) is 12.7. The Morgan fingerprint density at radius 3 is 2.28 bits per heavy atom. The van der Waals surface area contributed by atoms with Gasteiger partial charge in [0.25, 0.3) is 0 Å². The molecule has 1 rings (SSSR count). The van der Waals surface area contributed by atoms with Gasteiger partial charge in [-0.2, -0.15) is 0 Å². The second kappa shape index (κ2) is 7.60. The van der Waals surface area contributed by atoms with E-state index in [1.807, 2.05) is 6.33 Å². The van der Waals surface area contributed by atoms with E-state index in [1.165, 1.54) is 62.8 Å². The summed E-state index contributed by atoms with van der Waals surface area (Å²) in [5, 5.41) is 0. The average molecular weight is 250 g/mol. The number of hydrogen-bond acceptors (Lipinski definition) is 1. The minimum absolute atomic E-state index is 0.272. The molecule has 1 aromatic heterocycles. The van der Waals surface area contributed by atoms with E-state index in [4.69, 9.17) is 0 Å². The van der Waals surface area contributed by atoms with E-state index >= 15 is 0 Å². The van der Waals surface area contributed by atoms with Crippen LogP contribution in [0.4, 0.5) is 0 Å². The van der Waals surface area contributed by atoms with Crippen molar-refractivity contribution in [1.82, 2.24) is 9.97 Å². The highest BCUT2D eigenvalue weighted by molar-refractivity contribution is 5.20. The molecule has 1 heterocycles. The Labute approximate surface area is 113 Å². The molecule has 1 N–H and O–H groups in total. The number of nitrogens with zero attached hydrogens (tertiary/aromatic N) is 1. The third-order valence-corrected chi connectivity index (χ3v) is 4.07. The number of rotatable bonds is 9. The number of H-pyrrole nitrogens is 1. The number of aromatic amines is 1. The van der Waals surface area contributed by atoms with E-state index in [0.717, 1.165) is 0 Å². The number of imidazole rings is 1. The van der Waals surface area contributed by atoms with Gasteiger partial charge in [-0.05, 0) is 19.8 Å². The van der Waals surface area contributed by atoms with Crippen LogP contribution in [-0.2, 0) is 5.41 Å². The van der Waals surface area contributed by atoms with Gasteiger partial charge < -0.3 is 4.98 Å². The normalized spacial score (nSPS) is 14.7. The maximum atomic E-state index is 4.58. The SMILES string of the molecule is CCCCCCC(C)(CCCC)c1nc[nH]c1C. The Balaban J connectivity index is 2.66. The number of aryl methyl sites for hydroxylation is 1. The maximum absolute atomic E-state index is 4.58. The molecule has 2 nitrogen and oxygen atoms in total. The number of unbranched alkanes of at least 4 members (excludes halogenated alkanes) is 4. The topological polar surface area (TPSA) is 28.7 Å². The van der Waals surface area contributed by atoms with Gasteiger partial charge in [-0.1, -0.05) is 59.3 Å². The van der Waals surface area contributed by atoms with Crippen LogP contribution >= 0.6 is 0 Å². The highest BCUT2D eigenvalue weighted by Gasteiger charge is 2.29. The van der Waals surface area contributed by atoms with E-state index in [2.05, 4.69) is 37.7 Å². The molecule has 1 atom stereocenters. The number of nitrogens with one attached hydrogen (secondary N) is 1. The minimum Gasteiger partial charge on any atom is -0.348 e. The quantitative estimate of drug-likeness (QED) is 0.604. The van der Waals surface area contributed by atoms with Crippen molar-refractivity contribution in [2.75, 3.05) is 0 Å². The molecule has 0 aliphatic rings. The van der Waals surface area contributed by atoms with Crippen molar-refractivity contribution >= 4 is 0 Å². The Kier molecular flexibility index (Phi) is 6.45. The summed E-state index contributed by atoms with van der Waals surface area (Å²) in [6.07, 6.45) is 12.3. The maximum Gasteiger partial charge on any atom is 0.0925 e. The van der Waals surface area contributed by atoms with Crippen LogP contribution in [-0.4, -0.2) is 9.97 Å². The van der Waals surface area contributed by atoms with E-state index in [0.29, 0.717) is 0 Å². The fourth-order valence-electron chi connectivity index (χ4n) is 2.84. The van der Waals surface area contributed by atoms with Gasteiger partial charge in [0, 0.05) is 11.1 Å². The Hall–Kier alpha value is -0.790. The first-order chi connectivity index (χ1) is 8.64.